The maximum Gasteiger partial charge on any atom is 0.268 e. The van der Waals surface area contributed by atoms with Crippen LogP contribution in [0.3, 0.4) is 0 Å². The van der Waals surface area contributed by atoms with Crippen LogP contribution < -0.4 is 4.89 Å². The monoisotopic (exact) mass is 283 g/mol. The average Bonchev–Trinajstić information content (AvgIpc) is 1.64. The molecule has 0 heterocycles. The van der Waals surface area contributed by atoms with Crippen LogP contribution in [0.2, 0.25) is 0 Å². The van der Waals surface area contributed by atoms with E-state index in [9.17, 15) is 9.46 Å². The standard InChI is InChI=1S/C8H19O4P.C4H12N/c1-7(2,3)11-13(9,10)12-8(4,5)6;1-5(2,3)4/h1-6H3,(H,9,10);1-4H3/q;+1/p-1. The van der Waals surface area contributed by atoms with Crippen LogP contribution in [0.25, 0.3) is 0 Å². The van der Waals surface area contributed by atoms with Crippen molar-refractivity contribution in [1.82, 2.24) is 0 Å². The van der Waals surface area contributed by atoms with Crippen LogP contribution >= 0.6 is 7.82 Å². The molecule has 0 bridgehead atoms. The van der Waals surface area contributed by atoms with Gasteiger partial charge in [0.1, 0.15) is 0 Å². The first-order valence-corrected chi connectivity index (χ1v) is 7.39. The lowest BCUT2D eigenvalue weighted by molar-refractivity contribution is -0.849. The summed E-state index contributed by atoms with van der Waals surface area (Å²) in [6, 6.07) is 0. The van der Waals surface area contributed by atoms with Gasteiger partial charge in [-0.25, -0.2) is 0 Å². The highest BCUT2D eigenvalue weighted by Crippen LogP contribution is 2.46. The lowest BCUT2D eigenvalue weighted by Crippen LogP contribution is -2.27. The van der Waals surface area contributed by atoms with E-state index in [1.807, 2.05) is 0 Å². The molecule has 0 aliphatic carbocycles. The van der Waals surface area contributed by atoms with Crippen LogP contribution in [0.4, 0.5) is 0 Å². The lowest BCUT2D eigenvalue weighted by atomic mass is 10.2. The zero-order valence-electron chi connectivity index (χ0n) is 13.5. The molecule has 0 spiro atoms. The van der Waals surface area contributed by atoms with Gasteiger partial charge in [-0.3, -0.25) is 4.57 Å². The van der Waals surface area contributed by atoms with E-state index in [1.54, 1.807) is 41.5 Å². The van der Waals surface area contributed by atoms with Gasteiger partial charge in [0.2, 0.25) is 0 Å². The van der Waals surface area contributed by atoms with Crippen LogP contribution in [0.1, 0.15) is 41.5 Å². The lowest BCUT2D eigenvalue weighted by Gasteiger charge is -2.35. The Hall–Kier alpha value is 0.0700. The molecule has 0 fully saturated rings. The van der Waals surface area contributed by atoms with Gasteiger partial charge in [-0.2, -0.15) is 0 Å². The van der Waals surface area contributed by atoms with Crippen LogP contribution in [0, 0.1) is 0 Å². The first-order valence-electron chi connectivity index (χ1n) is 5.93. The predicted molar refractivity (Wildman–Crippen MR) is 73.2 cm³/mol. The fourth-order valence-electron chi connectivity index (χ4n) is 0.689. The highest BCUT2D eigenvalue weighted by atomic mass is 31.2. The Morgan fingerprint density at radius 1 is 0.833 bits per heavy atom. The Morgan fingerprint density at radius 3 is 1.11 bits per heavy atom. The minimum absolute atomic E-state index is 0.747. The van der Waals surface area contributed by atoms with Gasteiger partial charge in [-0.1, -0.05) is 0 Å². The van der Waals surface area contributed by atoms with Gasteiger partial charge in [0.25, 0.3) is 7.82 Å². The summed E-state index contributed by atoms with van der Waals surface area (Å²) in [6.07, 6.45) is 0. The third-order valence-electron chi connectivity index (χ3n) is 0.771. The van der Waals surface area contributed by atoms with Gasteiger partial charge < -0.3 is 18.4 Å². The number of hydrogen-bond donors (Lipinski definition) is 0. The highest BCUT2D eigenvalue weighted by Gasteiger charge is 2.25. The maximum atomic E-state index is 11.2. The van der Waals surface area contributed by atoms with Crippen LogP contribution in [0.15, 0.2) is 0 Å². The molecule has 0 atom stereocenters. The summed E-state index contributed by atoms with van der Waals surface area (Å²) in [4.78, 5) is 11.2. The molecule has 5 nitrogen and oxygen atoms in total. The summed E-state index contributed by atoms with van der Waals surface area (Å²) in [6.45, 7) is 9.94. The fourth-order valence-corrected chi connectivity index (χ4v) is 2.07. The van der Waals surface area contributed by atoms with Gasteiger partial charge in [0, 0.05) is 0 Å². The van der Waals surface area contributed by atoms with Crippen molar-refractivity contribution in [3.05, 3.63) is 0 Å². The van der Waals surface area contributed by atoms with Gasteiger partial charge in [0.05, 0.1) is 39.4 Å². The Bertz CT molecular complexity index is 258. The molecule has 0 N–H and O–H groups in total. The molecule has 18 heavy (non-hydrogen) atoms. The number of nitrogens with zero attached hydrogens (tertiary/aromatic N) is 1. The first kappa shape index (κ1) is 20.4. The minimum atomic E-state index is -4.19. The van der Waals surface area contributed by atoms with E-state index in [2.05, 4.69) is 28.2 Å². The first-order chi connectivity index (χ1) is 7.41. The third-order valence-corrected chi connectivity index (χ3v) is 2.31. The second kappa shape index (κ2) is 6.49. The Morgan fingerprint density at radius 2 is 1.00 bits per heavy atom. The summed E-state index contributed by atoms with van der Waals surface area (Å²) in [7, 11) is 4.31. The zero-order valence-corrected chi connectivity index (χ0v) is 14.4. The van der Waals surface area contributed by atoms with E-state index in [-0.39, 0.29) is 0 Å². The SMILES string of the molecule is CC(C)(C)OP(=O)([O-])OC(C)(C)C.C[N+](C)(C)C. The Kier molecular flexibility index (Phi) is 7.35. The predicted octanol–water partition coefficient (Wildman–Crippen LogP) is 2.41. The summed E-state index contributed by atoms with van der Waals surface area (Å²) in [5, 5.41) is 0. The van der Waals surface area contributed by atoms with E-state index in [0.717, 1.165) is 4.48 Å². The van der Waals surface area contributed by atoms with Crippen molar-refractivity contribution in [3.63, 3.8) is 0 Å². The molecule has 0 radical (unpaired) electrons. The summed E-state index contributed by atoms with van der Waals surface area (Å²) in [5.41, 5.74) is -1.49. The van der Waals surface area contributed by atoms with E-state index in [1.165, 1.54) is 0 Å². The molecule has 0 aromatic carbocycles. The molecule has 0 aliphatic heterocycles. The molecule has 0 rings (SSSR count). The third kappa shape index (κ3) is 25.1. The van der Waals surface area contributed by atoms with Crippen molar-refractivity contribution in [2.45, 2.75) is 52.7 Å². The molecule has 0 saturated heterocycles. The molecule has 0 aliphatic rings. The van der Waals surface area contributed by atoms with E-state index in [0.29, 0.717) is 0 Å². The molecule has 0 unspecified atom stereocenters. The van der Waals surface area contributed by atoms with Crippen molar-refractivity contribution in [2.24, 2.45) is 0 Å². The highest BCUT2D eigenvalue weighted by molar-refractivity contribution is 7.46. The van der Waals surface area contributed by atoms with E-state index >= 15 is 0 Å². The van der Waals surface area contributed by atoms with Crippen molar-refractivity contribution in [3.8, 4) is 0 Å². The van der Waals surface area contributed by atoms with E-state index < -0.39 is 19.0 Å². The minimum Gasteiger partial charge on any atom is -0.756 e. The Balaban J connectivity index is 0. The topological polar surface area (TPSA) is 58.6 Å². The summed E-state index contributed by atoms with van der Waals surface area (Å²) in [5.74, 6) is 0. The average molecular weight is 283 g/mol. The number of rotatable bonds is 2. The van der Waals surface area contributed by atoms with Gasteiger partial charge in [-0.15, -0.1) is 0 Å². The second-order valence-electron chi connectivity index (χ2n) is 7.54. The number of quaternary nitrogens is 1. The van der Waals surface area contributed by atoms with Crippen molar-refractivity contribution < 1.29 is 23.0 Å². The molecular formula is C12H30NO4P. The molecule has 6 heteroatoms. The van der Waals surface area contributed by atoms with Crippen LogP contribution in [-0.4, -0.2) is 43.9 Å². The fraction of sp³-hybridized carbons (Fsp3) is 1.00. The smallest absolute Gasteiger partial charge is 0.268 e. The molecular weight excluding hydrogens is 253 g/mol. The van der Waals surface area contributed by atoms with Crippen LogP contribution in [0.5, 0.6) is 0 Å². The van der Waals surface area contributed by atoms with E-state index in [4.69, 9.17) is 9.05 Å². The van der Waals surface area contributed by atoms with Crippen molar-refractivity contribution in [2.75, 3.05) is 28.2 Å². The molecule has 112 valence electrons. The van der Waals surface area contributed by atoms with Gasteiger partial charge >= 0.3 is 0 Å². The quantitative estimate of drug-likeness (QED) is 0.577. The van der Waals surface area contributed by atoms with Crippen molar-refractivity contribution in [1.29, 1.82) is 0 Å². The summed E-state index contributed by atoms with van der Waals surface area (Å²) < 4.78 is 21.8. The van der Waals surface area contributed by atoms with Crippen LogP contribution in [-0.2, 0) is 13.6 Å². The summed E-state index contributed by atoms with van der Waals surface area (Å²) >= 11 is 0. The van der Waals surface area contributed by atoms with Crippen molar-refractivity contribution >= 4 is 7.82 Å². The normalized spacial score (nSPS) is 13.9. The second-order valence-corrected chi connectivity index (χ2v) is 8.80. The number of phosphoric acid groups is 1. The Labute approximate surface area is 112 Å². The number of phosphoric ester groups is 1. The zero-order chi connectivity index (χ0) is 15.4. The van der Waals surface area contributed by atoms with Gasteiger partial charge in [-0.05, 0) is 41.5 Å². The molecule has 0 saturated carbocycles. The number of hydrogen-bond acceptors (Lipinski definition) is 4. The maximum absolute atomic E-state index is 11.2. The van der Waals surface area contributed by atoms with Gasteiger partial charge in [0.15, 0.2) is 0 Å². The largest absolute Gasteiger partial charge is 0.756 e. The molecule has 0 aromatic heterocycles. The molecule has 0 aromatic rings. The molecule has 0 amide bonds.